The van der Waals surface area contributed by atoms with Crippen molar-refractivity contribution < 1.29 is 34.4 Å². The molecule has 0 N–H and O–H groups in total. The van der Waals surface area contributed by atoms with Gasteiger partial charge in [0.15, 0.2) is 0 Å². The van der Waals surface area contributed by atoms with Gasteiger partial charge in [-0.2, -0.15) is 13.2 Å². The Morgan fingerprint density at radius 2 is 0.776 bits per heavy atom. The number of allylic oxidation sites excluding steroid dienone is 5. The van der Waals surface area contributed by atoms with Crippen molar-refractivity contribution in [3.8, 4) is 0 Å². The van der Waals surface area contributed by atoms with Crippen molar-refractivity contribution in [3.63, 3.8) is 0 Å². The average Bonchev–Trinajstić information content (AvgIpc) is 3.69. The zero-order chi connectivity index (χ0) is 61.3. The third kappa shape index (κ3) is 22.8. The Bertz CT molecular complexity index is 2990. The van der Waals surface area contributed by atoms with E-state index >= 15 is 0 Å². The molecule has 0 radical (unpaired) electrons. The highest BCUT2D eigenvalue weighted by atomic mass is 32.2. The molecule has 0 aromatic heterocycles. The molecule has 4 aromatic rings. The summed E-state index contributed by atoms with van der Waals surface area (Å²) in [5.41, 5.74) is 5.78. The molecule has 0 unspecified atom stereocenters. The van der Waals surface area contributed by atoms with Gasteiger partial charge in [-0.3, -0.25) is 0 Å². The van der Waals surface area contributed by atoms with Crippen molar-refractivity contribution in [3.05, 3.63) is 138 Å². The molecule has 0 amide bonds. The average molecular weight is 1220 g/mol. The molecule has 14 heteroatoms. The molecule has 1 aliphatic carbocycles. The van der Waals surface area contributed by atoms with Crippen LogP contribution in [0.2, 0.25) is 0 Å². The quantitative estimate of drug-likeness (QED) is 0.0242. The monoisotopic (exact) mass is 1220 g/mol. The number of sulfonamides is 2. The summed E-state index contributed by atoms with van der Waals surface area (Å²) in [6.45, 7) is 16.6. The van der Waals surface area contributed by atoms with Crippen molar-refractivity contribution in [1.82, 2.24) is 8.61 Å². The summed E-state index contributed by atoms with van der Waals surface area (Å²) in [6.07, 6.45) is 37.8. The maximum Gasteiger partial charge on any atom is 0.243 e. The standard InChI is InChI=1S/C71H106N4O7S3/c1-7-13-19-23-27-33-55-72(56-34-28-24-20-14-8-2)83(76,77)67-51-47-65(48-52-67)74(59-17-11-5)63-43-39-61(40-44-63)71(69-37-31-32-38-70(69)85(80,81)82)62-41-45-64(46-42-62)75(60-18-12-6)66-49-53-68(54-50-66)84(78,79)73(57-35-29-25-21-15-9-3)58-36-30-26-22-16-10-4/h31-32,37-54H,7-30,33-36,55-60H2,1-6H3. The number of nitrogens with zero attached hydrogens (tertiary/aromatic N) is 4. The van der Waals surface area contributed by atoms with Gasteiger partial charge in [-0.15, -0.1) is 0 Å². The maximum absolute atomic E-state index is 14.4. The summed E-state index contributed by atoms with van der Waals surface area (Å²) >= 11 is 0. The van der Waals surface area contributed by atoms with E-state index < -0.39 is 30.2 Å². The second kappa shape index (κ2) is 38.6. The Hall–Kier alpha value is -4.70. The molecule has 0 saturated heterocycles. The van der Waals surface area contributed by atoms with Crippen molar-refractivity contribution >= 4 is 58.5 Å². The van der Waals surface area contributed by atoms with Gasteiger partial charge in [0, 0.05) is 80.4 Å². The molecule has 470 valence electrons. The number of unbranched alkanes of at least 4 members (excludes halogenated alkanes) is 22. The first-order chi connectivity index (χ1) is 41.2. The van der Waals surface area contributed by atoms with Crippen LogP contribution in [0, 0.1) is 0 Å². The van der Waals surface area contributed by atoms with Gasteiger partial charge in [0.25, 0.3) is 0 Å². The molecule has 1 aliphatic rings. The molecule has 0 fully saturated rings. The van der Waals surface area contributed by atoms with Crippen LogP contribution in [0.4, 0.5) is 17.1 Å². The van der Waals surface area contributed by atoms with E-state index in [4.69, 9.17) is 0 Å². The van der Waals surface area contributed by atoms with E-state index in [2.05, 4.69) is 51.0 Å². The Morgan fingerprint density at radius 1 is 0.400 bits per heavy atom. The summed E-state index contributed by atoms with van der Waals surface area (Å²) in [5, 5.41) is 0. The van der Waals surface area contributed by atoms with E-state index in [-0.39, 0.29) is 4.90 Å². The Kier molecular flexibility index (Phi) is 32.2. The van der Waals surface area contributed by atoms with Gasteiger partial charge < -0.3 is 9.45 Å². The molecule has 0 atom stereocenters. The number of hydrogen-bond acceptors (Lipinski definition) is 8. The van der Waals surface area contributed by atoms with E-state index in [0.29, 0.717) is 71.3 Å². The van der Waals surface area contributed by atoms with Crippen LogP contribution in [-0.2, 0) is 30.2 Å². The lowest BCUT2D eigenvalue weighted by molar-refractivity contribution is -0.439. The van der Waals surface area contributed by atoms with Crippen molar-refractivity contribution in [2.75, 3.05) is 44.2 Å². The van der Waals surface area contributed by atoms with E-state index in [1.54, 1.807) is 51.1 Å². The summed E-state index contributed by atoms with van der Waals surface area (Å²) in [4.78, 5) is 2.47. The fraction of sp³-hybridized carbons (Fsp3) is 0.563. The van der Waals surface area contributed by atoms with Gasteiger partial charge in [0.2, 0.25) is 31.4 Å². The Balaban J connectivity index is 1.47. The fourth-order valence-corrected chi connectivity index (χ4v) is 15.0. The Morgan fingerprint density at radius 3 is 1.19 bits per heavy atom. The maximum atomic E-state index is 14.4. The molecule has 11 nitrogen and oxygen atoms in total. The largest absolute Gasteiger partial charge is 0.744 e. The zero-order valence-electron chi connectivity index (χ0n) is 53.0. The lowest BCUT2D eigenvalue weighted by Crippen LogP contribution is -2.33. The van der Waals surface area contributed by atoms with Crippen LogP contribution in [-0.4, -0.2) is 88.0 Å². The van der Waals surface area contributed by atoms with Crippen LogP contribution in [0.1, 0.15) is 232 Å². The van der Waals surface area contributed by atoms with E-state index in [1.165, 1.54) is 83.1 Å². The van der Waals surface area contributed by atoms with Crippen LogP contribution < -0.4 is 4.90 Å². The zero-order valence-corrected chi connectivity index (χ0v) is 55.4. The summed E-state index contributed by atoms with van der Waals surface area (Å²) < 4.78 is 102. The lowest BCUT2D eigenvalue weighted by atomic mass is 9.90. The minimum absolute atomic E-state index is 0.293. The minimum atomic E-state index is -4.89. The van der Waals surface area contributed by atoms with Crippen LogP contribution in [0.5, 0.6) is 0 Å². The van der Waals surface area contributed by atoms with Crippen LogP contribution in [0.15, 0.2) is 142 Å². The van der Waals surface area contributed by atoms with Crippen LogP contribution in [0.25, 0.3) is 5.57 Å². The van der Waals surface area contributed by atoms with Crippen LogP contribution >= 0.6 is 0 Å². The number of hydrogen-bond donors (Lipinski definition) is 0. The highest BCUT2D eigenvalue weighted by Crippen LogP contribution is 2.37. The highest BCUT2D eigenvalue weighted by Gasteiger charge is 2.28. The third-order valence-corrected chi connectivity index (χ3v) is 21.2. The first-order valence-electron chi connectivity index (χ1n) is 33.0. The normalized spacial score (nSPS) is 13.0. The summed E-state index contributed by atoms with van der Waals surface area (Å²) in [6, 6.07) is 28.9. The highest BCUT2D eigenvalue weighted by molar-refractivity contribution is 7.89. The second-order valence-electron chi connectivity index (χ2n) is 23.3. The predicted molar refractivity (Wildman–Crippen MR) is 356 cm³/mol. The van der Waals surface area contributed by atoms with Crippen LogP contribution in [0.3, 0.4) is 0 Å². The molecular weight excluding hydrogens is 1120 g/mol. The third-order valence-electron chi connectivity index (χ3n) is 16.4. The SMILES string of the molecule is CCCCCCCCN(CCCCCCCC)S(=O)(=O)c1ccc(N(CCCC)c2ccc(C(=C3C=CC(=[N+](CCCC)c4ccc(S(=O)(=O)N(CCCCCCCC)CCCCCCCC)cc4)C=C3)c3ccccc3S(=O)(=O)[O-])cc2)cc1. The van der Waals surface area contributed by atoms with Crippen molar-refractivity contribution in [2.45, 2.75) is 236 Å². The molecule has 0 saturated carbocycles. The van der Waals surface area contributed by atoms with Crippen molar-refractivity contribution in [1.29, 1.82) is 0 Å². The van der Waals surface area contributed by atoms with Gasteiger partial charge in [0.1, 0.15) is 16.7 Å². The predicted octanol–water partition coefficient (Wildman–Crippen LogP) is 18.5. The number of benzene rings is 4. The van der Waals surface area contributed by atoms with E-state index in [9.17, 15) is 29.8 Å². The molecule has 0 aliphatic heterocycles. The minimum Gasteiger partial charge on any atom is -0.744 e. The van der Waals surface area contributed by atoms with Gasteiger partial charge >= 0.3 is 0 Å². The smallest absolute Gasteiger partial charge is 0.243 e. The van der Waals surface area contributed by atoms with Gasteiger partial charge in [-0.05, 0) is 116 Å². The Labute approximate surface area is 516 Å². The molecule has 0 heterocycles. The molecule has 0 bridgehead atoms. The molecule has 0 spiro atoms. The fourth-order valence-electron chi connectivity index (χ4n) is 11.3. The molecule has 85 heavy (non-hydrogen) atoms. The van der Waals surface area contributed by atoms with Crippen molar-refractivity contribution in [2.24, 2.45) is 0 Å². The lowest BCUT2D eigenvalue weighted by Gasteiger charge is -2.27. The first kappa shape index (κ1) is 71.1. The van der Waals surface area contributed by atoms with Gasteiger partial charge in [-0.1, -0.05) is 213 Å². The first-order valence-corrected chi connectivity index (χ1v) is 37.3. The molecule has 4 aromatic carbocycles. The second-order valence-corrected chi connectivity index (χ2v) is 28.5. The topological polar surface area (TPSA) is 138 Å². The number of rotatable bonds is 44. The summed E-state index contributed by atoms with van der Waals surface area (Å²) in [5.74, 6) is 0. The van der Waals surface area contributed by atoms with Gasteiger partial charge in [-0.25, -0.2) is 25.3 Å². The molecule has 5 rings (SSSR count). The molecular formula is C71H106N4O7S3. The van der Waals surface area contributed by atoms with E-state index in [1.807, 2.05) is 72.8 Å². The number of anilines is 2. The summed E-state index contributed by atoms with van der Waals surface area (Å²) in [7, 11) is -12.3. The van der Waals surface area contributed by atoms with E-state index in [0.717, 1.165) is 126 Å². The van der Waals surface area contributed by atoms with Gasteiger partial charge in [0.05, 0.1) is 14.7 Å².